The number of nitrogens with zero attached hydrogens (tertiary/aromatic N) is 1. The Labute approximate surface area is 93.2 Å². The van der Waals surface area contributed by atoms with Gasteiger partial charge in [0, 0.05) is 25.8 Å². The van der Waals surface area contributed by atoms with Gasteiger partial charge in [0.05, 0.1) is 10.0 Å². The van der Waals surface area contributed by atoms with Gasteiger partial charge in [0.15, 0.2) is 0 Å². The van der Waals surface area contributed by atoms with Crippen LogP contribution in [0.3, 0.4) is 0 Å². The van der Waals surface area contributed by atoms with E-state index < -0.39 is 0 Å². The van der Waals surface area contributed by atoms with E-state index in [4.69, 9.17) is 28.3 Å². The molecule has 0 saturated carbocycles. The Morgan fingerprint density at radius 3 is 2.57 bits per heavy atom. The molecule has 1 rings (SSSR count). The molecule has 1 aromatic rings. The van der Waals surface area contributed by atoms with Gasteiger partial charge in [-0.1, -0.05) is 29.3 Å². The maximum absolute atomic E-state index is 8.81. The monoisotopic (exact) mass is 231 g/mol. The largest absolute Gasteiger partial charge is 0.396 e. The fourth-order valence-electron chi connectivity index (χ4n) is 1.17. The molecule has 0 aliphatic rings. The van der Waals surface area contributed by atoms with E-state index in [2.05, 4.69) is 4.99 Å². The van der Waals surface area contributed by atoms with Gasteiger partial charge >= 0.3 is 0 Å². The van der Waals surface area contributed by atoms with Crippen LogP contribution in [0, 0.1) is 0 Å². The number of benzene rings is 1. The van der Waals surface area contributed by atoms with Crippen molar-refractivity contribution in [2.24, 2.45) is 4.99 Å². The predicted octanol–water partition coefficient (Wildman–Crippen LogP) is 2.79. The second-order valence-corrected chi connectivity index (χ2v) is 3.59. The van der Waals surface area contributed by atoms with Crippen LogP contribution in [0.1, 0.15) is 12.0 Å². The zero-order chi connectivity index (χ0) is 10.6. The molecular formula is C10H11Cl2NO. The molecule has 0 saturated heterocycles. The van der Waals surface area contributed by atoms with Gasteiger partial charge in [-0.3, -0.25) is 4.99 Å². The molecule has 14 heavy (non-hydrogen) atoms. The van der Waals surface area contributed by atoms with E-state index in [0.717, 1.165) is 11.3 Å². The average molecular weight is 232 g/mol. The van der Waals surface area contributed by atoms with Crippen molar-refractivity contribution < 1.29 is 5.11 Å². The molecule has 0 aliphatic heterocycles. The van der Waals surface area contributed by atoms with Gasteiger partial charge in [-0.2, -0.15) is 0 Å². The summed E-state index contributed by atoms with van der Waals surface area (Å²) < 4.78 is 0. The Bertz CT molecular complexity index is 350. The third-order valence-electron chi connectivity index (χ3n) is 1.87. The van der Waals surface area contributed by atoms with Gasteiger partial charge in [-0.15, -0.1) is 0 Å². The molecule has 1 N–H and O–H groups in total. The van der Waals surface area contributed by atoms with Crippen molar-refractivity contribution in [3.63, 3.8) is 0 Å². The molecule has 0 heterocycles. The fourth-order valence-corrected chi connectivity index (χ4v) is 1.46. The first-order valence-corrected chi connectivity index (χ1v) is 4.96. The smallest absolute Gasteiger partial charge is 0.0598 e. The highest BCUT2D eigenvalue weighted by molar-refractivity contribution is 6.42. The minimum atomic E-state index is 0.0763. The summed E-state index contributed by atoms with van der Waals surface area (Å²) in [5.41, 5.74) is 1.72. The second-order valence-electron chi connectivity index (χ2n) is 2.77. The summed E-state index contributed by atoms with van der Waals surface area (Å²) in [7, 11) is 1.69. The van der Waals surface area contributed by atoms with Crippen LogP contribution >= 0.6 is 23.2 Å². The van der Waals surface area contributed by atoms with Crippen molar-refractivity contribution in [2.75, 3.05) is 13.7 Å². The number of hydrogen-bond acceptors (Lipinski definition) is 2. The van der Waals surface area contributed by atoms with E-state index in [9.17, 15) is 0 Å². The maximum atomic E-state index is 8.81. The molecule has 0 spiro atoms. The summed E-state index contributed by atoms with van der Waals surface area (Å²) in [4.78, 5) is 4.07. The van der Waals surface area contributed by atoms with Crippen molar-refractivity contribution in [3.8, 4) is 0 Å². The summed E-state index contributed by atoms with van der Waals surface area (Å²) in [5, 5.41) is 9.84. The molecule has 0 amide bonds. The third kappa shape index (κ3) is 2.71. The molecule has 0 radical (unpaired) electrons. The average Bonchev–Trinajstić information content (AvgIpc) is 2.19. The number of hydrogen-bond donors (Lipinski definition) is 1. The van der Waals surface area contributed by atoms with Crippen LogP contribution < -0.4 is 0 Å². The lowest BCUT2D eigenvalue weighted by Crippen LogP contribution is -2.03. The Balaban J connectivity index is 3.00. The summed E-state index contributed by atoms with van der Waals surface area (Å²) in [6.07, 6.45) is 0.522. The number of halogens is 2. The first-order valence-electron chi connectivity index (χ1n) is 4.21. The minimum Gasteiger partial charge on any atom is -0.396 e. The molecular weight excluding hydrogens is 221 g/mol. The highest BCUT2D eigenvalue weighted by atomic mass is 35.5. The molecule has 0 fully saturated rings. The Morgan fingerprint density at radius 1 is 1.36 bits per heavy atom. The van der Waals surface area contributed by atoms with Gasteiger partial charge in [0.2, 0.25) is 0 Å². The van der Waals surface area contributed by atoms with Crippen molar-refractivity contribution in [2.45, 2.75) is 6.42 Å². The summed E-state index contributed by atoms with van der Waals surface area (Å²) >= 11 is 11.6. The van der Waals surface area contributed by atoms with Crippen molar-refractivity contribution in [3.05, 3.63) is 33.8 Å². The molecule has 0 unspecified atom stereocenters. The van der Waals surface area contributed by atoms with Crippen molar-refractivity contribution in [1.29, 1.82) is 0 Å². The number of rotatable bonds is 3. The standard InChI is InChI=1S/C10H11Cl2NO/c1-13-10(4-5-14)7-2-3-8(11)9(12)6-7/h2-3,6,14H,4-5H2,1H3. The summed E-state index contributed by atoms with van der Waals surface area (Å²) in [5.74, 6) is 0. The number of aliphatic hydroxyl groups is 1. The Kier molecular flexibility index (Phi) is 4.39. The zero-order valence-electron chi connectivity index (χ0n) is 7.80. The molecule has 76 valence electrons. The lowest BCUT2D eigenvalue weighted by Gasteiger charge is -2.05. The van der Waals surface area contributed by atoms with Crippen LogP contribution in [0.15, 0.2) is 23.2 Å². The van der Waals surface area contributed by atoms with Gasteiger partial charge < -0.3 is 5.11 Å². The zero-order valence-corrected chi connectivity index (χ0v) is 9.31. The first-order chi connectivity index (χ1) is 6.69. The molecule has 2 nitrogen and oxygen atoms in total. The molecule has 0 bridgehead atoms. The summed E-state index contributed by atoms with van der Waals surface area (Å²) in [6, 6.07) is 5.32. The summed E-state index contributed by atoms with van der Waals surface area (Å²) in [6.45, 7) is 0.0763. The van der Waals surface area contributed by atoms with E-state index in [1.54, 1.807) is 19.2 Å². The van der Waals surface area contributed by atoms with Gasteiger partial charge in [-0.05, 0) is 17.7 Å². The lowest BCUT2D eigenvalue weighted by atomic mass is 10.1. The highest BCUT2D eigenvalue weighted by Gasteiger charge is 2.04. The normalized spacial score (nSPS) is 11.9. The fraction of sp³-hybridized carbons (Fsp3) is 0.300. The molecule has 0 aromatic heterocycles. The van der Waals surface area contributed by atoms with E-state index in [0.29, 0.717) is 16.5 Å². The van der Waals surface area contributed by atoms with Gasteiger partial charge in [-0.25, -0.2) is 0 Å². The minimum absolute atomic E-state index is 0.0763. The molecule has 4 heteroatoms. The quantitative estimate of drug-likeness (QED) is 0.798. The van der Waals surface area contributed by atoms with E-state index in [1.165, 1.54) is 0 Å². The third-order valence-corrected chi connectivity index (χ3v) is 2.61. The second kappa shape index (κ2) is 5.35. The van der Waals surface area contributed by atoms with Crippen LogP contribution in [0.2, 0.25) is 10.0 Å². The van der Waals surface area contributed by atoms with Gasteiger partial charge in [0.1, 0.15) is 0 Å². The van der Waals surface area contributed by atoms with E-state index in [-0.39, 0.29) is 6.61 Å². The van der Waals surface area contributed by atoms with Crippen LogP contribution in [0.4, 0.5) is 0 Å². The van der Waals surface area contributed by atoms with E-state index in [1.807, 2.05) is 6.07 Å². The lowest BCUT2D eigenvalue weighted by molar-refractivity contribution is 0.307. The van der Waals surface area contributed by atoms with Crippen LogP contribution in [-0.2, 0) is 0 Å². The van der Waals surface area contributed by atoms with Crippen LogP contribution in [0.5, 0.6) is 0 Å². The number of aliphatic hydroxyl groups excluding tert-OH is 1. The number of aliphatic imine (C=N–C) groups is 1. The van der Waals surface area contributed by atoms with Gasteiger partial charge in [0.25, 0.3) is 0 Å². The Morgan fingerprint density at radius 2 is 2.07 bits per heavy atom. The maximum Gasteiger partial charge on any atom is 0.0598 e. The van der Waals surface area contributed by atoms with E-state index >= 15 is 0 Å². The molecule has 0 aliphatic carbocycles. The SMILES string of the molecule is CN=C(CCO)c1ccc(Cl)c(Cl)c1. The van der Waals surface area contributed by atoms with Crippen molar-refractivity contribution in [1.82, 2.24) is 0 Å². The van der Waals surface area contributed by atoms with Crippen molar-refractivity contribution >= 4 is 28.9 Å². The molecule has 0 atom stereocenters. The van der Waals surface area contributed by atoms with Crippen LogP contribution in [0.25, 0.3) is 0 Å². The molecule has 1 aromatic carbocycles. The Hall–Kier alpha value is -0.570. The highest BCUT2D eigenvalue weighted by Crippen LogP contribution is 2.23. The topological polar surface area (TPSA) is 32.6 Å². The predicted molar refractivity (Wildman–Crippen MR) is 60.6 cm³/mol. The van der Waals surface area contributed by atoms with Crippen LogP contribution in [-0.4, -0.2) is 24.5 Å². The first kappa shape index (κ1) is 11.5.